The molecular weight excluding hydrogens is 599 g/mol. The zero-order chi connectivity index (χ0) is 33.4. The van der Waals surface area contributed by atoms with E-state index in [1.807, 2.05) is 68.4 Å². The molecule has 0 unspecified atom stereocenters. The largest absolute Gasteiger partial charge is 0.490 e. The summed E-state index contributed by atoms with van der Waals surface area (Å²) in [6.45, 7) is 7.62. The van der Waals surface area contributed by atoms with Crippen LogP contribution in [-0.2, 0) is 4.79 Å². The lowest BCUT2D eigenvalue weighted by Crippen LogP contribution is -2.43. The van der Waals surface area contributed by atoms with E-state index in [-0.39, 0.29) is 11.8 Å². The molecule has 0 spiro atoms. The van der Waals surface area contributed by atoms with Crippen LogP contribution in [0.3, 0.4) is 0 Å². The number of carboxylic acid groups (broad SMARTS) is 1. The highest BCUT2D eigenvalue weighted by Crippen LogP contribution is 2.35. The number of hydrogen-bond donors (Lipinski definition) is 5. The van der Waals surface area contributed by atoms with Crippen LogP contribution in [0.15, 0.2) is 84.9 Å². The van der Waals surface area contributed by atoms with Gasteiger partial charge >= 0.3 is 12.1 Å². The van der Waals surface area contributed by atoms with Crippen LogP contribution in [0.2, 0.25) is 0 Å². The van der Waals surface area contributed by atoms with Crippen molar-refractivity contribution in [2.45, 2.75) is 20.0 Å². The number of carboxylic acids is 1. The van der Waals surface area contributed by atoms with Crippen LogP contribution < -0.4 is 26.6 Å². The Morgan fingerprint density at radius 3 is 1.96 bits per heavy atom. The highest BCUT2D eigenvalue weighted by atomic mass is 19.4. The summed E-state index contributed by atoms with van der Waals surface area (Å²) in [5.41, 5.74) is 13.9. The lowest BCUT2D eigenvalue weighted by Gasteiger charge is -2.30. The number of nitrogens with zero attached hydrogens (tertiary/aromatic N) is 1. The molecule has 5 rings (SSSR count). The maximum absolute atomic E-state index is 13.2. The third-order valence-electron chi connectivity index (χ3n) is 7.28. The van der Waals surface area contributed by atoms with Gasteiger partial charge in [0.25, 0.3) is 11.8 Å². The van der Waals surface area contributed by atoms with Crippen molar-refractivity contribution in [3.05, 3.63) is 107 Å². The highest BCUT2D eigenvalue weighted by Gasteiger charge is 2.38. The standard InChI is InChI=1S/C32H33N5O2.C2HF3O2/c1-21-7-9-23(10-8-21)31(38)36-30-20-25(37-17-15-34-16-18-37)12-14-27(30)26-13-11-24(19-22(26)2)32(39)35-29-6-4-3-5-28(29)33;3-2(4,5)1(6)7/h3-14,19-20,34H,15-18,33H2,1-2H3,(H,35,39)(H,36,38);(H,6,7). The van der Waals surface area contributed by atoms with Gasteiger partial charge in [-0.25, -0.2) is 4.79 Å². The van der Waals surface area contributed by atoms with E-state index in [9.17, 15) is 22.8 Å². The molecule has 0 aromatic heterocycles. The van der Waals surface area contributed by atoms with Gasteiger partial charge in [0.2, 0.25) is 0 Å². The average Bonchev–Trinajstić information content (AvgIpc) is 3.03. The van der Waals surface area contributed by atoms with Crippen molar-refractivity contribution in [2.24, 2.45) is 0 Å². The van der Waals surface area contributed by atoms with Crippen molar-refractivity contribution in [3.63, 3.8) is 0 Å². The number of aryl methyl sites for hydroxylation is 2. The van der Waals surface area contributed by atoms with E-state index in [4.69, 9.17) is 15.6 Å². The van der Waals surface area contributed by atoms with Crippen LogP contribution in [0.1, 0.15) is 31.8 Å². The predicted octanol–water partition coefficient (Wildman–Crippen LogP) is 6.10. The number of alkyl halides is 3. The van der Waals surface area contributed by atoms with E-state index in [1.165, 1.54) is 0 Å². The third-order valence-corrected chi connectivity index (χ3v) is 7.28. The molecule has 0 aliphatic carbocycles. The van der Waals surface area contributed by atoms with E-state index in [1.54, 1.807) is 18.2 Å². The Balaban J connectivity index is 0.000000617. The molecule has 0 atom stereocenters. The normalized spacial score (nSPS) is 12.8. The van der Waals surface area contributed by atoms with Gasteiger partial charge in [-0.05, 0) is 73.5 Å². The Kier molecular flexibility index (Phi) is 10.7. The maximum atomic E-state index is 13.2. The first-order valence-corrected chi connectivity index (χ1v) is 14.4. The molecule has 1 saturated heterocycles. The van der Waals surface area contributed by atoms with Crippen molar-refractivity contribution >= 4 is 40.5 Å². The molecule has 2 amide bonds. The van der Waals surface area contributed by atoms with Gasteiger partial charge in [-0.15, -0.1) is 0 Å². The maximum Gasteiger partial charge on any atom is 0.490 e. The van der Waals surface area contributed by atoms with Crippen molar-refractivity contribution < 1.29 is 32.7 Å². The number of carbonyl (C=O) groups is 3. The van der Waals surface area contributed by atoms with Crippen molar-refractivity contribution in [3.8, 4) is 11.1 Å². The first-order chi connectivity index (χ1) is 21.8. The molecule has 6 N–H and O–H groups in total. The van der Waals surface area contributed by atoms with Crippen LogP contribution in [0, 0.1) is 13.8 Å². The van der Waals surface area contributed by atoms with Gasteiger partial charge in [-0.3, -0.25) is 9.59 Å². The summed E-state index contributed by atoms with van der Waals surface area (Å²) in [4.78, 5) is 37.4. The van der Waals surface area contributed by atoms with E-state index in [0.717, 1.165) is 59.8 Å². The molecule has 12 heteroatoms. The molecular formula is C34H34F3N5O4. The first-order valence-electron chi connectivity index (χ1n) is 14.4. The number of para-hydroxylation sites is 2. The lowest BCUT2D eigenvalue weighted by atomic mass is 9.96. The van der Waals surface area contributed by atoms with Gasteiger partial charge in [-0.2, -0.15) is 13.2 Å². The summed E-state index contributed by atoms with van der Waals surface area (Å²) in [7, 11) is 0. The molecule has 9 nitrogen and oxygen atoms in total. The smallest absolute Gasteiger partial charge is 0.475 e. The van der Waals surface area contributed by atoms with Crippen LogP contribution in [-0.4, -0.2) is 55.2 Å². The van der Waals surface area contributed by atoms with Gasteiger partial charge in [0, 0.05) is 48.6 Å². The summed E-state index contributed by atoms with van der Waals surface area (Å²) >= 11 is 0. The fourth-order valence-corrected chi connectivity index (χ4v) is 4.80. The van der Waals surface area contributed by atoms with Gasteiger partial charge in [0.05, 0.1) is 17.1 Å². The summed E-state index contributed by atoms with van der Waals surface area (Å²) < 4.78 is 31.7. The van der Waals surface area contributed by atoms with E-state index < -0.39 is 12.1 Å². The number of rotatable bonds is 6. The zero-order valence-electron chi connectivity index (χ0n) is 25.2. The van der Waals surface area contributed by atoms with Crippen LogP contribution in [0.5, 0.6) is 0 Å². The van der Waals surface area contributed by atoms with Crippen molar-refractivity contribution in [1.82, 2.24) is 5.32 Å². The second-order valence-electron chi connectivity index (χ2n) is 10.7. The molecule has 1 heterocycles. The molecule has 1 aliphatic heterocycles. The second-order valence-corrected chi connectivity index (χ2v) is 10.7. The molecule has 4 aromatic rings. The molecule has 240 valence electrons. The van der Waals surface area contributed by atoms with Gasteiger partial charge < -0.3 is 31.7 Å². The number of carbonyl (C=O) groups excluding carboxylic acids is 2. The summed E-state index contributed by atoms with van der Waals surface area (Å²) in [6.07, 6.45) is -5.08. The first kappa shape index (κ1) is 33.5. The number of nitrogen functional groups attached to an aromatic ring is 1. The predicted molar refractivity (Wildman–Crippen MR) is 173 cm³/mol. The molecule has 0 radical (unpaired) electrons. The highest BCUT2D eigenvalue weighted by molar-refractivity contribution is 6.08. The minimum atomic E-state index is -5.08. The second kappa shape index (κ2) is 14.6. The lowest BCUT2D eigenvalue weighted by molar-refractivity contribution is -0.192. The average molecular weight is 634 g/mol. The van der Waals surface area contributed by atoms with E-state index >= 15 is 0 Å². The number of aliphatic carboxylic acids is 1. The minimum Gasteiger partial charge on any atom is -0.475 e. The van der Waals surface area contributed by atoms with Crippen LogP contribution in [0.4, 0.5) is 35.9 Å². The third kappa shape index (κ3) is 8.63. The Hall–Kier alpha value is -5.36. The summed E-state index contributed by atoms with van der Waals surface area (Å²) in [5.74, 6) is -3.15. The SMILES string of the molecule is Cc1ccc(C(=O)Nc2cc(N3CCNCC3)ccc2-c2ccc(C(=O)Nc3ccccc3N)cc2C)cc1.O=C(O)C(F)(F)F. The topological polar surface area (TPSA) is 137 Å². The van der Waals surface area contributed by atoms with Gasteiger partial charge in [0.1, 0.15) is 0 Å². The number of nitrogens with one attached hydrogen (secondary N) is 3. The zero-order valence-corrected chi connectivity index (χ0v) is 25.2. The monoisotopic (exact) mass is 633 g/mol. The quantitative estimate of drug-likeness (QED) is 0.162. The van der Waals surface area contributed by atoms with Gasteiger partial charge in [0.15, 0.2) is 0 Å². The van der Waals surface area contributed by atoms with Crippen LogP contribution in [0.25, 0.3) is 11.1 Å². The molecule has 1 aliphatic rings. The van der Waals surface area contributed by atoms with Crippen LogP contribution >= 0.6 is 0 Å². The van der Waals surface area contributed by atoms with E-state index in [0.29, 0.717) is 22.5 Å². The Morgan fingerprint density at radius 1 is 0.783 bits per heavy atom. The Morgan fingerprint density at radius 2 is 1.35 bits per heavy atom. The van der Waals surface area contributed by atoms with Crippen molar-refractivity contribution in [2.75, 3.05) is 47.4 Å². The molecule has 0 bridgehead atoms. The fraction of sp³-hybridized carbons (Fsp3) is 0.206. The number of hydrogen-bond acceptors (Lipinski definition) is 6. The number of anilines is 4. The number of nitrogens with two attached hydrogens (primary N) is 1. The van der Waals surface area contributed by atoms with Gasteiger partial charge in [-0.1, -0.05) is 42.0 Å². The summed E-state index contributed by atoms with van der Waals surface area (Å²) in [6, 6.07) is 26.5. The Bertz CT molecular complexity index is 1720. The number of halogens is 3. The minimum absolute atomic E-state index is 0.164. The van der Waals surface area contributed by atoms with E-state index in [2.05, 4.69) is 33.0 Å². The Labute approximate surface area is 264 Å². The molecule has 0 saturated carbocycles. The number of benzene rings is 4. The molecule has 4 aromatic carbocycles. The number of piperazine rings is 1. The molecule has 46 heavy (non-hydrogen) atoms. The summed E-state index contributed by atoms with van der Waals surface area (Å²) in [5, 5.41) is 16.5. The number of amides is 2. The molecule has 1 fully saturated rings. The van der Waals surface area contributed by atoms with Crippen molar-refractivity contribution in [1.29, 1.82) is 0 Å². The fourth-order valence-electron chi connectivity index (χ4n) is 4.80.